The van der Waals surface area contributed by atoms with Gasteiger partial charge in [0.25, 0.3) is 0 Å². The van der Waals surface area contributed by atoms with Gasteiger partial charge in [0.2, 0.25) is 0 Å². The van der Waals surface area contributed by atoms with Gasteiger partial charge in [-0.3, -0.25) is 0 Å². The molecular formula is C15H14ClFO2. The Hall–Kier alpha value is -1.58. The summed E-state index contributed by atoms with van der Waals surface area (Å²) in [7, 11) is 0. The minimum Gasteiger partial charge on any atom is -0.455 e. The second-order valence-corrected chi connectivity index (χ2v) is 4.78. The number of ether oxygens (including phenoxy) is 1. The van der Waals surface area contributed by atoms with Crippen LogP contribution in [0.15, 0.2) is 36.4 Å². The third kappa shape index (κ3) is 3.25. The standard InChI is InChI=1S/C15H14ClFO2/c1-9-3-5-12(17)8-15(9)19-14-6-4-11(10(2)18)7-13(14)16/h3-8,10,18H,1-2H3/t10-/m1/s1. The molecule has 2 nitrogen and oxygen atoms in total. The molecule has 0 aliphatic rings. The largest absolute Gasteiger partial charge is 0.455 e. The summed E-state index contributed by atoms with van der Waals surface area (Å²) in [4.78, 5) is 0. The predicted molar refractivity (Wildman–Crippen MR) is 73.3 cm³/mol. The topological polar surface area (TPSA) is 29.5 Å². The van der Waals surface area contributed by atoms with Crippen molar-refractivity contribution in [1.29, 1.82) is 0 Å². The molecule has 2 rings (SSSR count). The van der Waals surface area contributed by atoms with E-state index in [-0.39, 0.29) is 5.82 Å². The van der Waals surface area contributed by atoms with E-state index in [1.54, 1.807) is 31.2 Å². The van der Waals surface area contributed by atoms with Crippen LogP contribution in [-0.2, 0) is 0 Å². The van der Waals surface area contributed by atoms with Crippen molar-refractivity contribution in [3.8, 4) is 11.5 Å². The lowest BCUT2D eigenvalue weighted by Crippen LogP contribution is -1.93. The zero-order valence-electron chi connectivity index (χ0n) is 10.7. The highest BCUT2D eigenvalue weighted by Gasteiger charge is 2.09. The maximum atomic E-state index is 13.2. The van der Waals surface area contributed by atoms with Crippen molar-refractivity contribution in [2.75, 3.05) is 0 Å². The Bertz CT molecular complexity index is 597. The molecule has 0 saturated heterocycles. The van der Waals surface area contributed by atoms with Crippen LogP contribution < -0.4 is 4.74 Å². The van der Waals surface area contributed by atoms with Crippen LogP contribution in [0.5, 0.6) is 11.5 Å². The number of aryl methyl sites for hydroxylation is 1. The van der Waals surface area contributed by atoms with Gasteiger partial charge in [-0.25, -0.2) is 4.39 Å². The van der Waals surface area contributed by atoms with Gasteiger partial charge in [0, 0.05) is 6.07 Å². The molecule has 0 radical (unpaired) electrons. The molecule has 0 heterocycles. The lowest BCUT2D eigenvalue weighted by Gasteiger charge is -2.12. The molecule has 2 aromatic rings. The molecule has 19 heavy (non-hydrogen) atoms. The van der Waals surface area contributed by atoms with E-state index in [4.69, 9.17) is 16.3 Å². The van der Waals surface area contributed by atoms with Gasteiger partial charge in [-0.2, -0.15) is 0 Å². The van der Waals surface area contributed by atoms with E-state index < -0.39 is 6.10 Å². The molecule has 0 spiro atoms. The van der Waals surface area contributed by atoms with E-state index in [0.29, 0.717) is 22.1 Å². The molecule has 0 aliphatic heterocycles. The van der Waals surface area contributed by atoms with Gasteiger partial charge in [0.15, 0.2) is 0 Å². The van der Waals surface area contributed by atoms with E-state index >= 15 is 0 Å². The van der Waals surface area contributed by atoms with Crippen LogP contribution in [0.2, 0.25) is 5.02 Å². The summed E-state index contributed by atoms with van der Waals surface area (Å²) in [6.07, 6.45) is -0.595. The first-order valence-corrected chi connectivity index (χ1v) is 6.26. The van der Waals surface area contributed by atoms with Crippen molar-refractivity contribution in [1.82, 2.24) is 0 Å². The van der Waals surface area contributed by atoms with Gasteiger partial charge in [-0.05, 0) is 43.2 Å². The average Bonchev–Trinajstić information content (AvgIpc) is 2.36. The van der Waals surface area contributed by atoms with Gasteiger partial charge < -0.3 is 9.84 Å². The molecule has 0 saturated carbocycles. The predicted octanol–water partition coefficient (Wildman–Crippen LogP) is 4.63. The minimum absolute atomic E-state index is 0.364. The van der Waals surface area contributed by atoms with Crippen LogP contribution in [-0.4, -0.2) is 5.11 Å². The summed E-state index contributed by atoms with van der Waals surface area (Å²) in [5.74, 6) is 0.490. The number of aliphatic hydroxyl groups excluding tert-OH is 1. The molecule has 0 unspecified atom stereocenters. The quantitative estimate of drug-likeness (QED) is 0.888. The lowest BCUT2D eigenvalue weighted by atomic mass is 10.1. The SMILES string of the molecule is Cc1ccc(F)cc1Oc1ccc([C@@H](C)O)cc1Cl. The van der Waals surface area contributed by atoms with Crippen LogP contribution in [0.25, 0.3) is 0 Å². The van der Waals surface area contributed by atoms with Gasteiger partial charge in [0.1, 0.15) is 17.3 Å². The monoisotopic (exact) mass is 280 g/mol. The Morgan fingerprint density at radius 2 is 1.89 bits per heavy atom. The Balaban J connectivity index is 2.31. The van der Waals surface area contributed by atoms with Crippen LogP contribution in [0.3, 0.4) is 0 Å². The molecule has 1 atom stereocenters. The lowest BCUT2D eigenvalue weighted by molar-refractivity contribution is 0.199. The summed E-state index contributed by atoms with van der Waals surface area (Å²) < 4.78 is 18.8. The minimum atomic E-state index is -0.595. The maximum absolute atomic E-state index is 13.2. The van der Waals surface area contributed by atoms with Crippen LogP contribution in [0.4, 0.5) is 4.39 Å². The summed E-state index contributed by atoms with van der Waals surface area (Å²) in [6.45, 7) is 3.48. The molecule has 100 valence electrons. The first-order valence-electron chi connectivity index (χ1n) is 5.89. The van der Waals surface area contributed by atoms with E-state index in [1.807, 2.05) is 6.92 Å². The van der Waals surface area contributed by atoms with Crippen molar-refractivity contribution in [3.63, 3.8) is 0 Å². The van der Waals surface area contributed by atoms with Crippen LogP contribution in [0.1, 0.15) is 24.2 Å². The number of hydrogen-bond donors (Lipinski definition) is 1. The van der Waals surface area contributed by atoms with Crippen LogP contribution in [0, 0.1) is 12.7 Å². The second-order valence-electron chi connectivity index (χ2n) is 4.38. The Morgan fingerprint density at radius 3 is 2.53 bits per heavy atom. The van der Waals surface area contributed by atoms with E-state index in [1.165, 1.54) is 12.1 Å². The normalized spacial score (nSPS) is 12.3. The first-order chi connectivity index (χ1) is 8.97. The molecule has 4 heteroatoms. The maximum Gasteiger partial charge on any atom is 0.146 e. The van der Waals surface area contributed by atoms with Crippen LogP contribution >= 0.6 is 11.6 Å². The highest BCUT2D eigenvalue weighted by molar-refractivity contribution is 6.32. The smallest absolute Gasteiger partial charge is 0.146 e. The number of rotatable bonds is 3. The second kappa shape index (κ2) is 5.59. The Morgan fingerprint density at radius 1 is 1.16 bits per heavy atom. The fraction of sp³-hybridized carbons (Fsp3) is 0.200. The Labute approximate surface area is 116 Å². The van der Waals surface area contributed by atoms with Crippen molar-refractivity contribution in [2.45, 2.75) is 20.0 Å². The Kier molecular flexibility index (Phi) is 4.08. The van der Waals surface area contributed by atoms with Crippen molar-refractivity contribution in [2.24, 2.45) is 0 Å². The fourth-order valence-electron chi connectivity index (χ4n) is 1.66. The summed E-state index contributed by atoms with van der Waals surface area (Å²) >= 11 is 6.09. The molecule has 0 amide bonds. The summed E-state index contributed by atoms with van der Waals surface area (Å²) in [6, 6.07) is 9.35. The zero-order chi connectivity index (χ0) is 14.0. The molecule has 0 aliphatic carbocycles. The van der Waals surface area contributed by atoms with Crippen molar-refractivity contribution < 1.29 is 14.2 Å². The molecule has 0 fully saturated rings. The number of benzene rings is 2. The fourth-order valence-corrected chi connectivity index (χ4v) is 1.89. The highest BCUT2D eigenvalue weighted by atomic mass is 35.5. The molecule has 1 N–H and O–H groups in total. The van der Waals surface area contributed by atoms with Gasteiger partial charge >= 0.3 is 0 Å². The first kappa shape index (κ1) is 13.8. The van der Waals surface area contributed by atoms with Gasteiger partial charge in [0.05, 0.1) is 11.1 Å². The molecule has 2 aromatic carbocycles. The highest BCUT2D eigenvalue weighted by Crippen LogP contribution is 2.33. The van der Waals surface area contributed by atoms with Gasteiger partial charge in [-0.1, -0.05) is 23.7 Å². The average molecular weight is 281 g/mol. The van der Waals surface area contributed by atoms with Gasteiger partial charge in [-0.15, -0.1) is 0 Å². The zero-order valence-corrected chi connectivity index (χ0v) is 11.4. The number of hydrogen-bond acceptors (Lipinski definition) is 2. The van der Waals surface area contributed by atoms with E-state index in [2.05, 4.69) is 0 Å². The number of halogens is 2. The summed E-state index contributed by atoms with van der Waals surface area (Å²) in [5, 5.41) is 9.84. The molecule has 0 aromatic heterocycles. The van der Waals surface area contributed by atoms with Crippen molar-refractivity contribution in [3.05, 3.63) is 58.4 Å². The van der Waals surface area contributed by atoms with E-state index in [9.17, 15) is 9.50 Å². The molecular weight excluding hydrogens is 267 g/mol. The van der Waals surface area contributed by atoms with Crippen molar-refractivity contribution >= 4 is 11.6 Å². The van der Waals surface area contributed by atoms with E-state index in [0.717, 1.165) is 5.56 Å². The summed E-state index contributed by atoms with van der Waals surface area (Å²) in [5.41, 5.74) is 1.52. The number of aliphatic hydroxyl groups is 1. The third-order valence-electron chi connectivity index (χ3n) is 2.81. The molecule has 0 bridgehead atoms. The third-order valence-corrected chi connectivity index (χ3v) is 3.10.